The summed E-state index contributed by atoms with van der Waals surface area (Å²) in [6.45, 7) is 4.98. The number of nitrogens with one attached hydrogen (secondary N) is 1. The molecule has 0 aliphatic rings. The molecule has 0 bridgehead atoms. The Kier molecular flexibility index (Phi) is 9.59. The molecule has 0 aliphatic carbocycles. The summed E-state index contributed by atoms with van der Waals surface area (Å²) in [4.78, 5) is 10.5. The number of nitro groups is 1. The first-order valence-corrected chi connectivity index (χ1v) is 10.8. The third-order valence-electron chi connectivity index (χ3n) is 5.60. The van der Waals surface area contributed by atoms with Crippen molar-refractivity contribution < 1.29 is 23.9 Å². The first-order valence-electron chi connectivity index (χ1n) is 10.8. The highest BCUT2D eigenvalue weighted by Gasteiger charge is 2.31. The van der Waals surface area contributed by atoms with Crippen LogP contribution in [-0.4, -0.2) is 45.9 Å². The molecule has 2 aromatic rings. The number of rotatable bonds is 13. The fraction of sp³-hybridized carbons (Fsp3) is 0.500. The molecule has 0 saturated heterocycles. The highest BCUT2D eigenvalue weighted by molar-refractivity contribution is 5.60. The van der Waals surface area contributed by atoms with E-state index < -0.39 is 4.92 Å². The van der Waals surface area contributed by atoms with Crippen molar-refractivity contribution in [2.24, 2.45) is 0 Å². The standard InChI is InChI=1S/C24H34N2O6/c1-7-19(20(8-2)32-18-11-9-17(10-12-18)26(27)28)22-16(13-14-25-3)15-21(29-4)23(30-5)24(22)31-6/h9-12,15,19-20,25H,7-8,13-14H2,1-6H3. The molecule has 0 amide bonds. The van der Waals surface area contributed by atoms with Crippen LogP contribution in [-0.2, 0) is 6.42 Å². The van der Waals surface area contributed by atoms with Gasteiger partial charge in [-0.05, 0) is 56.6 Å². The Hall–Kier alpha value is -3.00. The van der Waals surface area contributed by atoms with Crippen molar-refractivity contribution >= 4 is 5.69 Å². The van der Waals surface area contributed by atoms with Crippen molar-refractivity contribution in [1.82, 2.24) is 5.32 Å². The monoisotopic (exact) mass is 446 g/mol. The summed E-state index contributed by atoms with van der Waals surface area (Å²) >= 11 is 0. The van der Waals surface area contributed by atoms with Gasteiger partial charge < -0.3 is 24.3 Å². The Labute approximate surface area is 190 Å². The van der Waals surface area contributed by atoms with Crippen molar-refractivity contribution in [3.63, 3.8) is 0 Å². The number of hydrogen-bond acceptors (Lipinski definition) is 7. The lowest BCUT2D eigenvalue weighted by Gasteiger charge is -2.31. The lowest BCUT2D eigenvalue weighted by molar-refractivity contribution is -0.384. The van der Waals surface area contributed by atoms with E-state index in [-0.39, 0.29) is 17.7 Å². The maximum absolute atomic E-state index is 11.0. The van der Waals surface area contributed by atoms with E-state index in [1.807, 2.05) is 13.1 Å². The van der Waals surface area contributed by atoms with Gasteiger partial charge in [0.1, 0.15) is 11.9 Å². The number of nitrogens with zero attached hydrogens (tertiary/aromatic N) is 1. The Balaban J connectivity index is 2.54. The number of hydrogen-bond donors (Lipinski definition) is 1. The highest BCUT2D eigenvalue weighted by Crippen LogP contribution is 2.47. The third kappa shape index (κ3) is 5.62. The van der Waals surface area contributed by atoms with Crippen molar-refractivity contribution in [3.05, 3.63) is 51.6 Å². The second kappa shape index (κ2) is 12.1. The summed E-state index contributed by atoms with van der Waals surface area (Å²) < 4.78 is 23.4. The van der Waals surface area contributed by atoms with E-state index in [4.69, 9.17) is 18.9 Å². The van der Waals surface area contributed by atoms with Gasteiger partial charge in [-0.25, -0.2) is 0 Å². The molecule has 0 heterocycles. The molecule has 0 aliphatic heterocycles. The van der Waals surface area contributed by atoms with Crippen molar-refractivity contribution in [1.29, 1.82) is 0 Å². The second-order valence-electron chi connectivity index (χ2n) is 7.40. The van der Waals surface area contributed by atoms with Crippen LogP contribution in [0.15, 0.2) is 30.3 Å². The molecule has 2 rings (SSSR count). The molecule has 2 unspecified atom stereocenters. The quantitative estimate of drug-likeness (QED) is 0.351. The maximum Gasteiger partial charge on any atom is 0.269 e. The average molecular weight is 447 g/mol. The normalized spacial score (nSPS) is 12.7. The number of ether oxygens (including phenoxy) is 4. The van der Waals surface area contributed by atoms with Gasteiger partial charge in [0, 0.05) is 23.6 Å². The molecule has 1 N–H and O–H groups in total. The second-order valence-corrected chi connectivity index (χ2v) is 7.40. The number of non-ortho nitro benzene ring substituents is 1. The van der Waals surface area contributed by atoms with Crippen LogP contribution in [0.4, 0.5) is 5.69 Å². The molecular formula is C24H34N2O6. The Morgan fingerprint density at radius 2 is 1.66 bits per heavy atom. The minimum absolute atomic E-state index is 0.0109. The molecule has 0 spiro atoms. The van der Waals surface area contributed by atoms with E-state index in [1.54, 1.807) is 33.5 Å². The fourth-order valence-corrected chi connectivity index (χ4v) is 4.03. The van der Waals surface area contributed by atoms with Gasteiger partial charge in [0.15, 0.2) is 11.5 Å². The predicted molar refractivity (Wildman–Crippen MR) is 125 cm³/mol. The van der Waals surface area contributed by atoms with Crippen LogP contribution in [0.1, 0.15) is 43.7 Å². The van der Waals surface area contributed by atoms with Crippen LogP contribution < -0.4 is 24.3 Å². The van der Waals surface area contributed by atoms with Crippen LogP contribution >= 0.6 is 0 Å². The van der Waals surface area contributed by atoms with Crippen LogP contribution in [0.2, 0.25) is 0 Å². The number of likely N-dealkylation sites (N-methyl/N-ethyl adjacent to an activating group) is 1. The van der Waals surface area contributed by atoms with Gasteiger partial charge in [-0.3, -0.25) is 10.1 Å². The Bertz CT molecular complexity index is 885. The summed E-state index contributed by atoms with van der Waals surface area (Å²) in [6.07, 6.45) is 2.18. The maximum atomic E-state index is 11.0. The molecule has 0 saturated carbocycles. The minimum atomic E-state index is -0.418. The largest absolute Gasteiger partial charge is 0.493 e. The summed E-state index contributed by atoms with van der Waals surface area (Å²) in [5.41, 5.74) is 2.18. The van der Waals surface area contributed by atoms with Crippen molar-refractivity contribution in [3.8, 4) is 23.0 Å². The Morgan fingerprint density at radius 1 is 1.00 bits per heavy atom. The topological polar surface area (TPSA) is 92.1 Å². The molecule has 2 aromatic carbocycles. The van der Waals surface area contributed by atoms with E-state index in [0.29, 0.717) is 23.0 Å². The van der Waals surface area contributed by atoms with Crippen LogP contribution in [0.25, 0.3) is 0 Å². The van der Waals surface area contributed by atoms with Gasteiger partial charge in [0.25, 0.3) is 5.69 Å². The molecule has 176 valence electrons. The van der Waals surface area contributed by atoms with E-state index in [2.05, 4.69) is 19.2 Å². The van der Waals surface area contributed by atoms with Crippen molar-refractivity contribution in [2.45, 2.75) is 45.1 Å². The van der Waals surface area contributed by atoms with E-state index in [0.717, 1.165) is 36.9 Å². The SMILES string of the molecule is CCC(Oc1ccc([N+](=O)[O-])cc1)C(CC)c1c(CCNC)cc(OC)c(OC)c1OC. The molecular weight excluding hydrogens is 412 g/mol. The summed E-state index contributed by atoms with van der Waals surface area (Å²) in [5.74, 6) is 2.43. The van der Waals surface area contributed by atoms with Gasteiger partial charge in [0.05, 0.1) is 26.3 Å². The lowest BCUT2D eigenvalue weighted by Crippen LogP contribution is -2.26. The van der Waals surface area contributed by atoms with Gasteiger partial charge in [0.2, 0.25) is 5.75 Å². The zero-order valence-electron chi connectivity index (χ0n) is 19.8. The molecule has 8 heteroatoms. The zero-order chi connectivity index (χ0) is 23.7. The molecule has 8 nitrogen and oxygen atoms in total. The summed E-state index contributed by atoms with van der Waals surface area (Å²) in [7, 11) is 6.76. The van der Waals surface area contributed by atoms with Crippen LogP contribution in [0.5, 0.6) is 23.0 Å². The van der Waals surface area contributed by atoms with Gasteiger partial charge >= 0.3 is 0 Å². The van der Waals surface area contributed by atoms with Crippen LogP contribution in [0, 0.1) is 10.1 Å². The summed E-state index contributed by atoms with van der Waals surface area (Å²) in [5, 5.41) is 14.2. The van der Waals surface area contributed by atoms with E-state index in [9.17, 15) is 10.1 Å². The third-order valence-corrected chi connectivity index (χ3v) is 5.60. The molecule has 0 fully saturated rings. The first-order chi connectivity index (χ1) is 15.4. The minimum Gasteiger partial charge on any atom is -0.493 e. The number of nitro benzene ring substituents is 1. The highest BCUT2D eigenvalue weighted by atomic mass is 16.6. The average Bonchev–Trinajstić information content (AvgIpc) is 2.82. The summed E-state index contributed by atoms with van der Waals surface area (Å²) in [6, 6.07) is 8.20. The molecule has 32 heavy (non-hydrogen) atoms. The van der Waals surface area contributed by atoms with Gasteiger partial charge in [-0.15, -0.1) is 0 Å². The van der Waals surface area contributed by atoms with E-state index >= 15 is 0 Å². The predicted octanol–water partition coefficient (Wildman–Crippen LogP) is 4.73. The Morgan fingerprint density at radius 3 is 2.12 bits per heavy atom. The molecule has 2 atom stereocenters. The van der Waals surface area contributed by atoms with Gasteiger partial charge in [-0.1, -0.05) is 13.8 Å². The number of methoxy groups -OCH3 is 3. The fourth-order valence-electron chi connectivity index (χ4n) is 4.03. The smallest absolute Gasteiger partial charge is 0.269 e. The first kappa shape index (κ1) is 25.3. The van der Waals surface area contributed by atoms with Gasteiger partial charge in [-0.2, -0.15) is 0 Å². The molecule has 0 aromatic heterocycles. The zero-order valence-corrected chi connectivity index (χ0v) is 19.8. The van der Waals surface area contributed by atoms with Crippen molar-refractivity contribution in [2.75, 3.05) is 34.9 Å². The number of benzene rings is 2. The lowest BCUT2D eigenvalue weighted by atomic mass is 9.84. The molecule has 0 radical (unpaired) electrons. The van der Waals surface area contributed by atoms with E-state index in [1.165, 1.54) is 12.1 Å². The van der Waals surface area contributed by atoms with Crippen LogP contribution in [0.3, 0.4) is 0 Å².